The maximum atomic E-state index is 12.7. The van der Waals surface area contributed by atoms with Crippen molar-refractivity contribution in [3.8, 4) is 11.8 Å². The van der Waals surface area contributed by atoms with Crippen LogP contribution < -0.4 is 0 Å². The van der Waals surface area contributed by atoms with Gasteiger partial charge in [-0.25, -0.2) is 4.98 Å². The van der Waals surface area contributed by atoms with Crippen molar-refractivity contribution < 1.29 is 9.90 Å². The number of aromatic nitrogens is 1. The van der Waals surface area contributed by atoms with Crippen LogP contribution in [0.3, 0.4) is 0 Å². The minimum atomic E-state index is -0.223. The molecule has 1 fully saturated rings. The van der Waals surface area contributed by atoms with Gasteiger partial charge in [-0.2, -0.15) is 0 Å². The second kappa shape index (κ2) is 6.53. The van der Waals surface area contributed by atoms with Crippen LogP contribution in [0.2, 0.25) is 0 Å². The van der Waals surface area contributed by atoms with Crippen molar-refractivity contribution in [2.45, 2.75) is 32.7 Å². The molecule has 1 aromatic rings. The molecular formula is C16H20N2O2. The Morgan fingerprint density at radius 2 is 2.30 bits per heavy atom. The van der Waals surface area contributed by atoms with Gasteiger partial charge in [0.2, 0.25) is 0 Å². The molecule has 0 spiro atoms. The fourth-order valence-corrected chi connectivity index (χ4v) is 2.52. The zero-order valence-electron chi connectivity index (χ0n) is 12.0. The predicted molar refractivity (Wildman–Crippen MR) is 77.1 cm³/mol. The number of pyridine rings is 1. The summed E-state index contributed by atoms with van der Waals surface area (Å²) in [6, 6.07) is 3.75. The van der Waals surface area contributed by atoms with E-state index >= 15 is 0 Å². The summed E-state index contributed by atoms with van der Waals surface area (Å²) >= 11 is 0. The Kier molecular flexibility index (Phi) is 4.75. The molecule has 106 valence electrons. The molecule has 4 nitrogen and oxygen atoms in total. The fourth-order valence-electron chi connectivity index (χ4n) is 2.52. The number of carbonyl (C=O) groups is 1. The molecule has 1 N–H and O–H groups in total. The number of rotatable bonds is 1. The largest absolute Gasteiger partial charge is 0.384 e. The summed E-state index contributed by atoms with van der Waals surface area (Å²) < 4.78 is 0. The first-order valence-electron chi connectivity index (χ1n) is 6.99. The maximum absolute atomic E-state index is 12.7. The molecule has 1 aliphatic heterocycles. The Balaban J connectivity index is 2.28. The van der Waals surface area contributed by atoms with Crippen molar-refractivity contribution in [3.05, 3.63) is 29.6 Å². The predicted octanol–water partition coefficient (Wildman–Crippen LogP) is 1.69. The van der Waals surface area contributed by atoms with Crippen molar-refractivity contribution in [2.75, 3.05) is 13.2 Å². The van der Waals surface area contributed by atoms with E-state index in [1.807, 2.05) is 4.90 Å². The SMILES string of the molecule is CC1CCC(C)N(C(=O)c2ncccc2C#CCO)C1. The summed E-state index contributed by atoms with van der Waals surface area (Å²) in [5, 5.41) is 8.79. The fraction of sp³-hybridized carbons (Fsp3) is 0.500. The molecule has 2 unspecified atom stereocenters. The minimum absolute atomic E-state index is 0.0631. The van der Waals surface area contributed by atoms with E-state index in [2.05, 4.69) is 30.7 Å². The van der Waals surface area contributed by atoms with E-state index in [4.69, 9.17) is 5.11 Å². The molecule has 2 atom stereocenters. The van der Waals surface area contributed by atoms with Gasteiger partial charge in [0.05, 0.1) is 5.56 Å². The lowest BCUT2D eigenvalue weighted by atomic mass is 9.94. The molecule has 1 aromatic heterocycles. The lowest BCUT2D eigenvalue weighted by Gasteiger charge is -2.36. The number of carbonyl (C=O) groups excluding carboxylic acids is 1. The zero-order chi connectivity index (χ0) is 14.5. The topological polar surface area (TPSA) is 53.4 Å². The van der Waals surface area contributed by atoms with Crippen LogP contribution in [0.4, 0.5) is 0 Å². The second-order valence-corrected chi connectivity index (χ2v) is 5.35. The van der Waals surface area contributed by atoms with Gasteiger partial charge >= 0.3 is 0 Å². The molecule has 2 rings (SSSR count). The van der Waals surface area contributed by atoms with E-state index in [0.29, 0.717) is 17.2 Å². The first-order valence-corrected chi connectivity index (χ1v) is 6.99. The van der Waals surface area contributed by atoms with Gasteiger partial charge in [-0.05, 0) is 37.8 Å². The number of piperidine rings is 1. The molecule has 0 aromatic carbocycles. The maximum Gasteiger partial charge on any atom is 0.273 e. The number of amides is 1. The molecule has 4 heteroatoms. The summed E-state index contributed by atoms with van der Waals surface area (Å²) in [7, 11) is 0. The normalized spacial score (nSPS) is 22.1. The van der Waals surface area contributed by atoms with Crippen molar-refractivity contribution in [2.24, 2.45) is 5.92 Å². The monoisotopic (exact) mass is 272 g/mol. The van der Waals surface area contributed by atoms with Gasteiger partial charge in [0.1, 0.15) is 12.3 Å². The highest BCUT2D eigenvalue weighted by Gasteiger charge is 2.29. The van der Waals surface area contributed by atoms with Crippen LogP contribution >= 0.6 is 0 Å². The van der Waals surface area contributed by atoms with Gasteiger partial charge < -0.3 is 10.0 Å². The van der Waals surface area contributed by atoms with Crippen LogP contribution in [-0.4, -0.2) is 40.1 Å². The molecule has 0 aliphatic carbocycles. The Morgan fingerprint density at radius 3 is 3.05 bits per heavy atom. The van der Waals surface area contributed by atoms with E-state index in [0.717, 1.165) is 19.4 Å². The lowest BCUT2D eigenvalue weighted by molar-refractivity contribution is 0.0567. The Morgan fingerprint density at radius 1 is 1.50 bits per heavy atom. The van der Waals surface area contributed by atoms with Gasteiger partial charge in [-0.1, -0.05) is 18.8 Å². The smallest absolute Gasteiger partial charge is 0.273 e. The highest BCUT2D eigenvalue weighted by atomic mass is 16.2. The van der Waals surface area contributed by atoms with E-state index in [-0.39, 0.29) is 18.6 Å². The molecule has 20 heavy (non-hydrogen) atoms. The Labute approximate surface area is 119 Å². The van der Waals surface area contributed by atoms with Crippen molar-refractivity contribution in [3.63, 3.8) is 0 Å². The molecule has 0 bridgehead atoms. The second-order valence-electron chi connectivity index (χ2n) is 5.35. The summed E-state index contributed by atoms with van der Waals surface area (Å²) in [5.41, 5.74) is 0.964. The highest BCUT2D eigenvalue weighted by Crippen LogP contribution is 2.23. The number of aliphatic hydroxyl groups is 1. The molecule has 2 heterocycles. The molecule has 1 saturated heterocycles. The van der Waals surface area contributed by atoms with Gasteiger partial charge in [0, 0.05) is 18.8 Å². The van der Waals surface area contributed by atoms with E-state index in [9.17, 15) is 4.79 Å². The van der Waals surface area contributed by atoms with Gasteiger partial charge in [-0.3, -0.25) is 4.79 Å². The van der Waals surface area contributed by atoms with Crippen LogP contribution in [-0.2, 0) is 0 Å². The highest BCUT2D eigenvalue weighted by molar-refractivity contribution is 5.95. The quantitative estimate of drug-likeness (QED) is 0.791. The number of hydrogen-bond acceptors (Lipinski definition) is 3. The average molecular weight is 272 g/mol. The van der Waals surface area contributed by atoms with Crippen LogP contribution in [0.1, 0.15) is 42.7 Å². The van der Waals surface area contributed by atoms with E-state index in [1.165, 1.54) is 0 Å². The molecule has 1 amide bonds. The number of hydrogen-bond donors (Lipinski definition) is 1. The van der Waals surface area contributed by atoms with Crippen LogP contribution in [0.15, 0.2) is 18.3 Å². The molecule has 0 saturated carbocycles. The summed E-state index contributed by atoms with van der Waals surface area (Å²) in [6.07, 6.45) is 3.79. The van der Waals surface area contributed by atoms with Crippen LogP contribution in [0, 0.1) is 17.8 Å². The summed E-state index contributed by atoms with van der Waals surface area (Å²) in [5.74, 6) is 5.83. The molecule has 1 aliphatic rings. The zero-order valence-corrected chi connectivity index (χ0v) is 12.0. The molecular weight excluding hydrogens is 252 g/mol. The number of nitrogens with zero attached hydrogens (tertiary/aromatic N) is 2. The summed E-state index contributed by atoms with van der Waals surface area (Å²) in [6.45, 7) is 4.78. The number of likely N-dealkylation sites (tertiary alicyclic amines) is 1. The van der Waals surface area contributed by atoms with Gasteiger partial charge in [0.15, 0.2) is 0 Å². The summed E-state index contributed by atoms with van der Waals surface area (Å²) in [4.78, 5) is 18.8. The van der Waals surface area contributed by atoms with Crippen LogP contribution in [0.5, 0.6) is 0 Å². The van der Waals surface area contributed by atoms with Crippen LogP contribution in [0.25, 0.3) is 0 Å². The standard InChI is InChI=1S/C16H20N2O2/c1-12-7-8-13(2)18(11-12)16(20)15-14(6-4-10-19)5-3-9-17-15/h3,5,9,12-13,19H,7-8,10-11H2,1-2H3. The Hall–Kier alpha value is -1.86. The first kappa shape index (κ1) is 14.5. The number of aliphatic hydroxyl groups excluding tert-OH is 1. The molecule has 0 radical (unpaired) electrons. The third kappa shape index (κ3) is 3.17. The van der Waals surface area contributed by atoms with E-state index in [1.54, 1.807) is 18.3 Å². The van der Waals surface area contributed by atoms with Crippen molar-refractivity contribution in [1.29, 1.82) is 0 Å². The van der Waals surface area contributed by atoms with Crippen molar-refractivity contribution >= 4 is 5.91 Å². The Bertz CT molecular complexity index is 545. The van der Waals surface area contributed by atoms with E-state index < -0.39 is 0 Å². The van der Waals surface area contributed by atoms with Crippen molar-refractivity contribution in [1.82, 2.24) is 9.88 Å². The third-order valence-electron chi connectivity index (χ3n) is 3.69. The minimum Gasteiger partial charge on any atom is -0.384 e. The first-order chi connectivity index (χ1) is 9.63. The van der Waals surface area contributed by atoms with Gasteiger partial charge in [0.25, 0.3) is 5.91 Å². The average Bonchev–Trinajstić information content (AvgIpc) is 2.47. The third-order valence-corrected chi connectivity index (χ3v) is 3.69. The van der Waals surface area contributed by atoms with Gasteiger partial charge in [-0.15, -0.1) is 0 Å². The lowest BCUT2D eigenvalue weighted by Crippen LogP contribution is -2.45.